The van der Waals surface area contributed by atoms with Gasteiger partial charge >= 0.3 is 0 Å². The number of nitrogens with one attached hydrogen (secondary N) is 1. The van der Waals surface area contributed by atoms with Crippen molar-refractivity contribution in [1.29, 1.82) is 0 Å². The van der Waals surface area contributed by atoms with Crippen molar-refractivity contribution >= 4 is 40.0 Å². The number of ether oxygens (including phenoxy) is 2. The molecule has 2 aliphatic rings. The van der Waals surface area contributed by atoms with Crippen LogP contribution in [0.4, 0.5) is 5.69 Å². The Morgan fingerprint density at radius 2 is 2.17 bits per heavy atom. The molecule has 30 heavy (non-hydrogen) atoms. The fraction of sp³-hybridized carbons (Fsp3) is 0.591. The molecule has 4 rings (SSSR count). The quantitative estimate of drug-likeness (QED) is 0.431. The van der Waals surface area contributed by atoms with Crippen LogP contribution in [-0.4, -0.2) is 54.5 Å². The summed E-state index contributed by atoms with van der Waals surface area (Å²) < 4.78 is 12.5. The number of aryl methyl sites for hydroxylation is 1. The van der Waals surface area contributed by atoms with Crippen molar-refractivity contribution in [2.45, 2.75) is 65.0 Å². The lowest BCUT2D eigenvalue weighted by Crippen LogP contribution is -2.35. The SMILES string of the molecule is Cc1sc2nc3c(c(COC4CCN(C)CC4)c2c1N=CNC=O)COC(C)(C)C3. The maximum absolute atomic E-state index is 10.6. The van der Waals surface area contributed by atoms with Crippen LogP contribution in [0.25, 0.3) is 10.2 Å². The summed E-state index contributed by atoms with van der Waals surface area (Å²) in [7, 11) is 2.16. The third-order valence-corrected chi connectivity index (χ3v) is 6.94. The zero-order chi connectivity index (χ0) is 21.3. The number of rotatable bonds is 6. The highest BCUT2D eigenvalue weighted by atomic mass is 32.1. The van der Waals surface area contributed by atoms with Gasteiger partial charge in [-0.1, -0.05) is 0 Å². The van der Waals surface area contributed by atoms with Gasteiger partial charge in [0, 0.05) is 35.3 Å². The van der Waals surface area contributed by atoms with E-state index in [0.29, 0.717) is 19.6 Å². The molecule has 2 aliphatic heterocycles. The monoisotopic (exact) mass is 430 g/mol. The Balaban J connectivity index is 1.74. The van der Waals surface area contributed by atoms with E-state index in [1.54, 1.807) is 11.3 Å². The molecule has 0 aromatic carbocycles. The predicted molar refractivity (Wildman–Crippen MR) is 120 cm³/mol. The van der Waals surface area contributed by atoms with Crippen LogP contribution >= 0.6 is 11.3 Å². The Morgan fingerprint density at radius 1 is 1.40 bits per heavy atom. The van der Waals surface area contributed by atoms with Crippen LogP contribution in [0.2, 0.25) is 0 Å². The number of hydrogen-bond acceptors (Lipinski definition) is 7. The molecule has 1 saturated heterocycles. The Morgan fingerprint density at radius 3 is 2.90 bits per heavy atom. The Bertz CT molecular complexity index is 961. The lowest BCUT2D eigenvalue weighted by atomic mass is 9.92. The molecule has 162 valence electrons. The first kappa shape index (κ1) is 21.4. The third-order valence-electron chi connectivity index (χ3n) is 5.95. The number of carbonyl (C=O) groups is 1. The highest BCUT2D eigenvalue weighted by Gasteiger charge is 2.31. The van der Waals surface area contributed by atoms with Gasteiger partial charge in [-0.15, -0.1) is 11.3 Å². The van der Waals surface area contributed by atoms with Crippen molar-refractivity contribution in [3.8, 4) is 0 Å². The summed E-state index contributed by atoms with van der Waals surface area (Å²) >= 11 is 1.64. The molecule has 0 saturated carbocycles. The molecule has 0 radical (unpaired) electrons. The number of pyridine rings is 1. The normalized spacial score (nSPS) is 20.0. The molecule has 4 heterocycles. The van der Waals surface area contributed by atoms with E-state index >= 15 is 0 Å². The summed E-state index contributed by atoms with van der Waals surface area (Å²) in [5.41, 5.74) is 4.00. The first-order valence-corrected chi connectivity index (χ1v) is 11.3. The largest absolute Gasteiger partial charge is 0.373 e. The van der Waals surface area contributed by atoms with Gasteiger partial charge in [0.25, 0.3) is 0 Å². The number of piperidine rings is 1. The van der Waals surface area contributed by atoms with Gasteiger partial charge in [-0.2, -0.15) is 0 Å². The molecule has 2 aromatic rings. The van der Waals surface area contributed by atoms with E-state index in [2.05, 4.69) is 36.1 Å². The van der Waals surface area contributed by atoms with E-state index in [0.717, 1.165) is 70.0 Å². The van der Waals surface area contributed by atoms with Gasteiger partial charge < -0.3 is 19.7 Å². The van der Waals surface area contributed by atoms with Crippen molar-refractivity contribution in [1.82, 2.24) is 15.2 Å². The van der Waals surface area contributed by atoms with E-state index in [4.69, 9.17) is 14.5 Å². The number of aromatic nitrogens is 1. The predicted octanol–water partition coefficient (Wildman–Crippen LogP) is 3.47. The number of hydrogen-bond donors (Lipinski definition) is 1. The van der Waals surface area contributed by atoms with Gasteiger partial charge in [-0.25, -0.2) is 9.98 Å². The van der Waals surface area contributed by atoms with E-state index in [1.807, 2.05) is 6.92 Å². The lowest BCUT2D eigenvalue weighted by molar-refractivity contribution is -0.108. The summed E-state index contributed by atoms with van der Waals surface area (Å²) in [6.07, 6.45) is 5.20. The van der Waals surface area contributed by atoms with Crippen molar-refractivity contribution in [3.05, 3.63) is 21.7 Å². The Kier molecular flexibility index (Phi) is 6.20. The zero-order valence-electron chi connectivity index (χ0n) is 18.2. The fourth-order valence-electron chi connectivity index (χ4n) is 4.23. The molecule has 1 N–H and O–H groups in total. The maximum atomic E-state index is 10.6. The molecule has 0 bridgehead atoms. The molecule has 0 aliphatic carbocycles. The van der Waals surface area contributed by atoms with Crippen LogP contribution in [0.1, 0.15) is 48.4 Å². The second-order valence-electron chi connectivity index (χ2n) is 8.78. The minimum atomic E-state index is -0.221. The average Bonchev–Trinajstić information content (AvgIpc) is 3.01. The van der Waals surface area contributed by atoms with Crippen LogP contribution in [0, 0.1) is 6.92 Å². The van der Waals surface area contributed by atoms with Crippen molar-refractivity contribution in [2.75, 3.05) is 20.1 Å². The van der Waals surface area contributed by atoms with E-state index < -0.39 is 0 Å². The highest BCUT2D eigenvalue weighted by Crippen LogP contribution is 2.42. The standard InChI is InChI=1S/C22H30N4O3S/c1-14-20(24-12-23-13-27)19-17(10-28-15-5-7-26(4)8-6-15)16-11-29-22(2,3)9-18(16)25-21(19)30-14/h12-13,15H,5-11H2,1-4H3,(H,23,24,27). The summed E-state index contributed by atoms with van der Waals surface area (Å²) in [6, 6.07) is 0. The summed E-state index contributed by atoms with van der Waals surface area (Å²) in [4.78, 5) is 24.6. The van der Waals surface area contributed by atoms with Gasteiger partial charge in [-0.05, 0) is 46.2 Å². The number of likely N-dealkylation sites (tertiary alicyclic amines) is 1. The summed E-state index contributed by atoms with van der Waals surface area (Å²) in [5, 5.41) is 3.53. The zero-order valence-corrected chi connectivity index (χ0v) is 19.0. The maximum Gasteiger partial charge on any atom is 0.212 e. The molecular weight excluding hydrogens is 400 g/mol. The first-order valence-electron chi connectivity index (χ1n) is 10.5. The Hall–Kier alpha value is -1.87. The average molecular weight is 431 g/mol. The van der Waals surface area contributed by atoms with Crippen LogP contribution in [0.3, 0.4) is 0 Å². The molecule has 1 amide bonds. The highest BCUT2D eigenvalue weighted by molar-refractivity contribution is 7.19. The van der Waals surface area contributed by atoms with Crippen LogP contribution in [0.15, 0.2) is 4.99 Å². The minimum Gasteiger partial charge on any atom is -0.373 e. The number of fused-ring (bicyclic) bond motifs is 2. The molecule has 7 nitrogen and oxygen atoms in total. The number of aliphatic imine (C=N–C) groups is 1. The molecular formula is C22H30N4O3S. The van der Waals surface area contributed by atoms with E-state index in [1.165, 1.54) is 6.34 Å². The van der Waals surface area contributed by atoms with E-state index in [9.17, 15) is 4.79 Å². The second-order valence-corrected chi connectivity index (χ2v) is 9.99. The smallest absolute Gasteiger partial charge is 0.212 e. The molecule has 2 aromatic heterocycles. The third kappa shape index (κ3) is 4.42. The number of amides is 1. The molecule has 1 fully saturated rings. The number of thiophene rings is 1. The molecule has 8 heteroatoms. The minimum absolute atomic E-state index is 0.221. The number of carbonyl (C=O) groups excluding carboxylic acids is 1. The molecule has 0 spiro atoms. The topological polar surface area (TPSA) is 76.0 Å². The van der Waals surface area contributed by atoms with Crippen LogP contribution in [-0.2, 0) is 33.9 Å². The Labute approximate surface area is 181 Å². The van der Waals surface area contributed by atoms with E-state index in [-0.39, 0.29) is 11.7 Å². The second kappa shape index (κ2) is 8.70. The van der Waals surface area contributed by atoms with Crippen molar-refractivity contribution < 1.29 is 14.3 Å². The van der Waals surface area contributed by atoms with Crippen molar-refractivity contribution in [2.24, 2.45) is 4.99 Å². The summed E-state index contributed by atoms with van der Waals surface area (Å²) in [6.45, 7) is 9.45. The van der Waals surface area contributed by atoms with Gasteiger partial charge in [0.05, 0.1) is 42.6 Å². The summed E-state index contributed by atoms with van der Waals surface area (Å²) in [5.74, 6) is 0. The van der Waals surface area contributed by atoms with Gasteiger partial charge in [0.2, 0.25) is 6.41 Å². The van der Waals surface area contributed by atoms with Gasteiger partial charge in [0.1, 0.15) is 4.83 Å². The van der Waals surface area contributed by atoms with Crippen molar-refractivity contribution in [3.63, 3.8) is 0 Å². The van der Waals surface area contributed by atoms with Crippen LogP contribution < -0.4 is 5.32 Å². The molecule has 0 unspecified atom stereocenters. The fourth-order valence-corrected chi connectivity index (χ4v) is 5.24. The number of nitrogens with zero attached hydrogens (tertiary/aromatic N) is 3. The first-order chi connectivity index (χ1) is 14.4. The van der Waals surface area contributed by atoms with Gasteiger partial charge in [-0.3, -0.25) is 4.79 Å². The van der Waals surface area contributed by atoms with Gasteiger partial charge in [0.15, 0.2) is 0 Å². The lowest BCUT2D eigenvalue weighted by Gasteiger charge is -2.33. The molecule has 0 atom stereocenters. The van der Waals surface area contributed by atoms with Crippen LogP contribution in [0.5, 0.6) is 0 Å².